The van der Waals surface area contributed by atoms with Crippen LogP contribution in [0.2, 0.25) is 0 Å². The lowest BCUT2D eigenvalue weighted by molar-refractivity contribution is 0.0695. The molecule has 0 atom stereocenters. The van der Waals surface area contributed by atoms with Gasteiger partial charge in [0.05, 0.1) is 18.1 Å². The minimum atomic E-state index is -0.870. The maximum absolute atomic E-state index is 10.4. The Bertz CT molecular complexity index is 299. The van der Waals surface area contributed by atoms with E-state index < -0.39 is 17.1 Å². The SMILES string of the molecule is C[S+](C)[O-].O=C(O)c1ccccc1I. The van der Waals surface area contributed by atoms with E-state index in [0.29, 0.717) is 5.56 Å². The molecular formula is C9H11IO3S. The van der Waals surface area contributed by atoms with E-state index >= 15 is 0 Å². The Kier molecular flexibility index (Phi) is 6.94. The molecule has 0 aromatic heterocycles. The van der Waals surface area contributed by atoms with Crippen LogP contribution in [0.1, 0.15) is 10.4 Å². The molecule has 5 heteroatoms. The third-order valence-electron chi connectivity index (χ3n) is 1.10. The second kappa shape index (κ2) is 7.08. The van der Waals surface area contributed by atoms with E-state index in [9.17, 15) is 9.35 Å². The lowest BCUT2D eigenvalue weighted by Crippen LogP contribution is -1.97. The molecule has 0 aliphatic carbocycles. The van der Waals surface area contributed by atoms with Crippen LogP contribution in [0.4, 0.5) is 0 Å². The summed E-state index contributed by atoms with van der Waals surface area (Å²) in [7, 11) is 0. The summed E-state index contributed by atoms with van der Waals surface area (Å²) in [6.07, 6.45) is 3.28. The van der Waals surface area contributed by atoms with Crippen LogP contribution in [0.5, 0.6) is 0 Å². The Hall–Kier alpha value is -0.270. The molecule has 78 valence electrons. The first-order valence-electron chi connectivity index (χ1n) is 3.68. The molecule has 0 spiro atoms. The first-order chi connectivity index (χ1) is 6.45. The number of benzene rings is 1. The maximum atomic E-state index is 10.4. The minimum absolute atomic E-state index is 0.364. The quantitative estimate of drug-likeness (QED) is 0.634. The Morgan fingerprint density at radius 3 is 2.14 bits per heavy atom. The van der Waals surface area contributed by atoms with Crippen molar-refractivity contribution in [3.63, 3.8) is 0 Å². The van der Waals surface area contributed by atoms with Crippen LogP contribution < -0.4 is 0 Å². The van der Waals surface area contributed by atoms with Crippen molar-refractivity contribution in [2.45, 2.75) is 0 Å². The molecular weight excluding hydrogens is 315 g/mol. The minimum Gasteiger partial charge on any atom is -0.617 e. The Morgan fingerprint density at radius 1 is 1.43 bits per heavy atom. The van der Waals surface area contributed by atoms with Gasteiger partial charge in [-0.05, 0) is 34.7 Å². The number of halogens is 1. The number of carboxylic acids is 1. The van der Waals surface area contributed by atoms with E-state index in [0.717, 1.165) is 3.57 Å². The first kappa shape index (κ1) is 13.7. The molecule has 0 aliphatic heterocycles. The van der Waals surface area contributed by atoms with E-state index in [1.165, 1.54) is 0 Å². The Balaban J connectivity index is 0.000000364. The summed E-state index contributed by atoms with van der Waals surface area (Å²) in [5.74, 6) is -0.870. The highest BCUT2D eigenvalue weighted by molar-refractivity contribution is 14.1. The second-order valence-corrected chi connectivity index (χ2v) is 5.17. The van der Waals surface area contributed by atoms with Gasteiger partial charge in [0.2, 0.25) is 0 Å². The van der Waals surface area contributed by atoms with Crippen molar-refractivity contribution in [3.05, 3.63) is 33.4 Å². The molecule has 0 unspecified atom stereocenters. The van der Waals surface area contributed by atoms with Crippen LogP contribution in [0.15, 0.2) is 24.3 Å². The number of aromatic carboxylic acids is 1. The highest BCUT2D eigenvalue weighted by Crippen LogP contribution is 2.10. The summed E-state index contributed by atoms with van der Waals surface area (Å²) >= 11 is 1.38. The van der Waals surface area contributed by atoms with E-state index in [2.05, 4.69) is 0 Å². The third-order valence-corrected chi connectivity index (χ3v) is 2.04. The van der Waals surface area contributed by atoms with Crippen LogP contribution in [-0.4, -0.2) is 28.1 Å². The Labute approximate surface area is 99.8 Å². The molecule has 0 aliphatic rings. The van der Waals surface area contributed by atoms with Crippen molar-refractivity contribution in [1.29, 1.82) is 0 Å². The average Bonchev–Trinajstić information content (AvgIpc) is 2.03. The van der Waals surface area contributed by atoms with E-state index in [4.69, 9.17) is 5.11 Å². The molecule has 1 rings (SSSR count). The van der Waals surface area contributed by atoms with Crippen molar-refractivity contribution in [2.24, 2.45) is 0 Å². The fourth-order valence-electron chi connectivity index (χ4n) is 0.635. The highest BCUT2D eigenvalue weighted by Gasteiger charge is 2.04. The predicted molar refractivity (Wildman–Crippen MR) is 66.1 cm³/mol. The first-order valence-corrected chi connectivity index (χ1v) is 6.72. The van der Waals surface area contributed by atoms with Gasteiger partial charge >= 0.3 is 5.97 Å². The van der Waals surface area contributed by atoms with Gasteiger partial charge in [-0.15, -0.1) is 0 Å². The van der Waals surface area contributed by atoms with Crippen molar-refractivity contribution >= 4 is 39.7 Å². The number of carbonyl (C=O) groups is 1. The summed E-state index contributed by atoms with van der Waals surface area (Å²) in [4.78, 5) is 10.4. The highest BCUT2D eigenvalue weighted by atomic mass is 127. The maximum Gasteiger partial charge on any atom is 0.336 e. The summed E-state index contributed by atoms with van der Waals surface area (Å²) < 4.78 is 10.3. The monoisotopic (exact) mass is 326 g/mol. The van der Waals surface area contributed by atoms with Crippen molar-refractivity contribution < 1.29 is 14.5 Å². The van der Waals surface area contributed by atoms with Crippen LogP contribution in [-0.2, 0) is 11.2 Å². The predicted octanol–water partition coefficient (Wildman–Crippen LogP) is 1.98. The van der Waals surface area contributed by atoms with Gasteiger partial charge in [0.25, 0.3) is 0 Å². The van der Waals surface area contributed by atoms with Crippen molar-refractivity contribution in [2.75, 3.05) is 12.5 Å². The molecule has 0 saturated carbocycles. The van der Waals surface area contributed by atoms with E-state index in [-0.39, 0.29) is 0 Å². The van der Waals surface area contributed by atoms with Crippen LogP contribution in [0, 0.1) is 3.57 Å². The van der Waals surface area contributed by atoms with E-state index in [1.807, 2.05) is 28.7 Å². The molecule has 0 radical (unpaired) electrons. The van der Waals surface area contributed by atoms with Gasteiger partial charge in [0, 0.05) is 3.57 Å². The topological polar surface area (TPSA) is 60.4 Å². The fraction of sp³-hybridized carbons (Fsp3) is 0.222. The molecule has 14 heavy (non-hydrogen) atoms. The zero-order valence-corrected chi connectivity index (χ0v) is 10.8. The summed E-state index contributed by atoms with van der Waals surface area (Å²) in [5, 5.41) is 8.56. The molecule has 0 amide bonds. The zero-order chi connectivity index (χ0) is 11.1. The second-order valence-electron chi connectivity index (χ2n) is 2.53. The molecule has 0 saturated heterocycles. The lowest BCUT2D eigenvalue weighted by atomic mass is 10.2. The van der Waals surface area contributed by atoms with Gasteiger partial charge in [-0.3, -0.25) is 0 Å². The van der Waals surface area contributed by atoms with Gasteiger partial charge < -0.3 is 9.66 Å². The smallest absolute Gasteiger partial charge is 0.336 e. The van der Waals surface area contributed by atoms with Crippen LogP contribution in [0.25, 0.3) is 0 Å². The molecule has 0 fully saturated rings. The normalized spacial score (nSPS) is 9.21. The van der Waals surface area contributed by atoms with Gasteiger partial charge in [0.1, 0.15) is 0 Å². The third kappa shape index (κ3) is 6.22. The van der Waals surface area contributed by atoms with Gasteiger partial charge in [-0.1, -0.05) is 23.3 Å². The van der Waals surface area contributed by atoms with Crippen molar-refractivity contribution in [1.82, 2.24) is 0 Å². The molecule has 1 aromatic carbocycles. The largest absolute Gasteiger partial charge is 0.617 e. The summed E-state index contributed by atoms with van der Waals surface area (Å²) in [6, 6.07) is 6.88. The standard InChI is InChI=1S/C7H5IO2.C2H6OS/c8-6-4-2-1-3-5(6)7(9)10;1-4(2)3/h1-4H,(H,9,10);1-2H3. The molecule has 0 heterocycles. The van der Waals surface area contributed by atoms with Crippen LogP contribution in [0.3, 0.4) is 0 Å². The molecule has 0 bridgehead atoms. The Morgan fingerprint density at radius 2 is 1.86 bits per heavy atom. The molecule has 1 N–H and O–H groups in total. The number of hydrogen-bond donors (Lipinski definition) is 1. The number of rotatable bonds is 1. The zero-order valence-electron chi connectivity index (χ0n) is 7.86. The molecule has 3 nitrogen and oxygen atoms in total. The van der Waals surface area contributed by atoms with E-state index in [1.54, 1.807) is 30.7 Å². The average molecular weight is 326 g/mol. The number of hydrogen-bond acceptors (Lipinski definition) is 2. The van der Waals surface area contributed by atoms with Gasteiger partial charge in [0.15, 0.2) is 0 Å². The number of carboxylic acid groups (broad SMARTS) is 1. The lowest BCUT2D eigenvalue weighted by Gasteiger charge is -1.94. The summed E-state index contributed by atoms with van der Waals surface area (Å²) in [6.45, 7) is 0. The van der Waals surface area contributed by atoms with Crippen LogP contribution >= 0.6 is 22.6 Å². The van der Waals surface area contributed by atoms with Gasteiger partial charge in [-0.2, -0.15) is 0 Å². The van der Waals surface area contributed by atoms with Gasteiger partial charge in [-0.25, -0.2) is 4.79 Å². The summed E-state index contributed by atoms with van der Waals surface area (Å²) in [5.41, 5.74) is 0.364. The molecule has 1 aromatic rings. The fourth-order valence-corrected chi connectivity index (χ4v) is 1.25. The van der Waals surface area contributed by atoms with Crippen molar-refractivity contribution in [3.8, 4) is 0 Å².